The van der Waals surface area contributed by atoms with E-state index in [0.29, 0.717) is 11.7 Å². The van der Waals surface area contributed by atoms with Gasteiger partial charge in [0.2, 0.25) is 0 Å². The van der Waals surface area contributed by atoms with Crippen molar-refractivity contribution in [2.24, 2.45) is 5.92 Å². The predicted octanol–water partition coefficient (Wildman–Crippen LogP) is 2.98. The molecule has 1 aromatic rings. The molecule has 0 radical (unpaired) electrons. The molecule has 0 saturated heterocycles. The van der Waals surface area contributed by atoms with Gasteiger partial charge in [0.05, 0.1) is 7.11 Å². The van der Waals surface area contributed by atoms with Crippen molar-refractivity contribution in [3.05, 3.63) is 29.1 Å². The minimum Gasteiger partial charge on any atom is -0.497 e. The van der Waals surface area contributed by atoms with Crippen LogP contribution in [0.15, 0.2) is 12.1 Å². The van der Waals surface area contributed by atoms with Gasteiger partial charge in [-0.1, -0.05) is 6.92 Å². The highest BCUT2D eigenvalue weighted by Crippen LogP contribution is 2.37. The lowest BCUT2D eigenvalue weighted by Gasteiger charge is -2.23. The van der Waals surface area contributed by atoms with Crippen LogP contribution >= 0.6 is 11.8 Å². The average Bonchev–Trinajstić information content (AvgIpc) is 2.47. The molecule has 0 saturated carbocycles. The number of hydrogen-bond acceptors (Lipinski definition) is 3. The molecule has 1 aliphatic heterocycles. The number of methoxy groups -OCH3 is 1. The first kappa shape index (κ1) is 12.7. The summed E-state index contributed by atoms with van der Waals surface area (Å²) in [5.41, 5.74) is 1.86. The van der Waals surface area contributed by atoms with E-state index in [4.69, 9.17) is 4.74 Å². The van der Waals surface area contributed by atoms with Gasteiger partial charge in [0.15, 0.2) is 0 Å². The lowest BCUT2D eigenvalue weighted by molar-refractivity contribution is 0.404. The van der Waals surface area contributed by atoms with E-state index in [1.807, 2.05) is 13.1 Å². The third-order valence-corrected chi connectivity index (χ3v) is 4.54. The van der Waals surface area contributed by atoms with E-state index in [-0.39, 0.29) is 11.9 Å². The van der Waals surface area contributed by atoms with Crippen molar-refractivity contribution in [2.75, 3.05) is 19.9 Å². The molecule has 1 heterocycles. The summed E-state index contributed by atoms with van der Waals surface area (Å²) in [4.78, 5) is 0. The number of hydrogen-bond donors (Lipinski definition) is 1. The molecule has 0 bridgehead atoms. The first-order chi connectivity index (χ1) is 8.17. The zero-order valence-electron chi connectivity index (χ0n) is 10.4. The van der Waals surface area contributed by atoms with Gasteiger partial charge < -0.3 is 10.1 Å². The molecular formula is C13H18FNOS. The fourth-order valence-electron chi connectivity index (χ4n) is 2.37. The van der Waals surface area contributed by atoms with Crippen molar-refractivity contribution < 1.29 is 9.13 Å². The molecule has 0 spiro atoms. The second-order valence-electron chi connectivity index (χ2n) is 4.44. The molecule has 2 rings (SSSR count). The normalized spacial score (nSPS) is 24.0. The fraction of sp³-hybridized carbons (Fsp3) is 0.538. The van der Waals surface area contributed by atoms with E-state index in [1.54, 1.807) is 18.9 Å². The number of halogens is 1. The largest absolute Gasteiger partial charge is 0.497 e. The van der Waals surface area contributed by atoms with Gasteiger partial charge in [0.25, 0.3) is 0 Å². The molecule has 2 nitrogen and oxygen atoms in total. The van der Waals surface area contributed by atoms with Crippen LogP contribution in [-0.2, 0) is 5.75 Å². The van der Waals surface area contributed by atoms with E-state index >= 15 is 0 Å². The van der Waals surface area contributed by atoms with E-state index in [2.05, 4.69) is 12.2 Å². The molecule has 17 heavy (non-hydrogen) atoms. The van der Waals surface area contributed by atoms with Gasteiger partial charge in [-0.25, -0.2) is 4.39 Å². The van der Waals surface area contributed by atoms with Gasteiger partial charge in [-0.15, -0.1) is 0 Å². The Morgan fingerprint density at radius 1 is 1.47 bits per heavy atom. The van der Waals surface area contributed by atoms with Gasteiger partial charge >= 0.3 is 0 Å². The lowest BCUT2D eigenvalue weighted by Crippen LogP contribution is -2.24. The van der Waals surface area contributed by atoms with Gasteiger partial charge in [0.1, 0.15) is 11.6 Å². The molecule has 4 heteroatoms. The molecule has 1 aliphatic rings. The summed E-state index contributed by atoms with van der Waals surface area (Å²) in [7, 11) is 3.50. The number of rotatable bonds is 2. The van der Waals surface area contributed by atoms with Crippen molar-refractivity contribution in [1.82, 2.24) is 5.32 Å². The van der Waals surface area contributed by atoms with E-state index in [0.717, 1.165) is 22.6 Å². The minimum atomic E-state index is -0.152. The third-order valence-electron chi connectivity index (χ3n) is 3.28. The Labute approximate surface area is 106 Å². The maximum atomic E-state index is 14.0. The van der Waals surface area contributed by atoms with Gasteiger partial charge in [-0.05, 0) is 30.3 Å². The summed E-state index contributed by atoms with van der Waals surface area (Å²) in [5, 5.41) is 3.29. The molecule has 1 N–H and O–H groups in total. The van der Waals surface area contributed by atoms with E-state index < -0.39 is 0 Å². The third kappa shape index (κ3) is 2.43. The van der Waals surface area contributed by atoms with Crippen LogP contribution < -0.4 is 10.1 Å². The molecule has 0 fully saturated rings. The van der Waals surface area contributed by atoms with Crippen LogP contribution in [0.3, 0.4) is 0 Å². The summed E-state index contributed by atoms with van der Waals surface area (Å²) in [6.45, 7) is 2.20. The zero-order chi connectivity index (χ0) is 12.4. The SMILES string of the molecule is CNC1c2cc(OC)cc(F)c2CSCC1C. The highest BCUT2D eigenvalue weighted by atomic mass is 32.2. The highest BCUT2D eigenvalue weighted by Gasteiger charge is 2.26. The summed E-state index contributed by atoms with van der Waals surface area (Å²) < 4.78 is 19.2. The molecule has 0 amide bonds. The van der Waals surface area contributed by atoms with Crippen LogP contribution in [-0.4, -0.2) is 19.9 Å². The first-order valence-corrected chi connectivity index (χ1v) is 6.94. The maximum absolute atomic E-state index is 14.0. The molecule has 0 aromatic heterocycles. The van der Waals surface area contributed by atoms with Crippen molar-refractivity contribution in [3.8, 4) is 5.75 Å². The summed E-state index contributed by atoms with van der Waals surface area (Å²) >= 11 is 1.79. The smallest absolute Gasteiger partial charge is 0.131 e. The van der Waals surface area contributed by atoms with Crippen LogP contribution in [0.25, 0.3) is 0 Å². The summed E-state index contributed by atoms with van der Waals surface area (Å²) in [6.07, 6.45) is 0. The molecule has 2 unspecified atom stereocenters. The van der Waals surface area contributed by atoms with E-state index in [9.17, 15) is 4.39 Å². The minimum absolute atomic E-state index is 0.152. The van der Waals surface area contributed by atoms with Crippen molar-refractivity contribution in [3.63, 3.8) is 0 Å². The lowest BCUT2D eigenvalue weighted by atomic mass is 9.92. The quantitative estimate of drug-likeness (QED) is 0.878. The number of nitrogens with one attached hydrogen (secondary N) is 1. The van der Waals surface area contributed by atoms with Crippen molar-refractivity contribution >= 4 is 11.8 Å². The Morgan fingerprint density at radius 2 is 2.24 bits per heavy atom. The monoisotopic (exact) mass is 255 g/mol. The Morgan fingerprint density at radius 3 is 2.88 bits per heavy atom. The average molecular weight is 255 g/mol. The Hall–Kier alpha value is -0.740. The maximum Gasteiger partial charge on any atom is 0.131 e. The summed E-state index contributed by atoms with van der Waals surface area (Å²) in [6, 6.07) is 3.63. The van der Waals surface area contributed by atoms with Crippen molar-refractivity contribution in [2.45, 2.75) is 18.7 Å². The highest BCUT2D eigenvalue weighted by molar-refractivity contribution is 7.98. The first-order valence-electron chi connectivity index (χ1n) is 5.78. The molecule has 2 atom stereocenters. The molecule has 1 aromatic carbocycles. The Balaban J connectivity index is 2.52. The number of ether oxygens (including phenoxy) is 1. The number of benzene rings is 1. The fourth-order valence-corrected chi connectivity index (χ4v) is 3.56. The Bertz CT molecular complexity index is 411. The van der Waals surface area contributed by atoms with Gasteiger partial charge in [-0.3, -0.25) is 0 Å². The molecular weight excluding hydrogens is 237 g/mol. The van der Waals surface area contributed by atoms with Crippen LogP contribution in [0.4, 0.5) is 4.39 Å². The predicted molar refractivity (Wildman–Crippen MR) is 70.1 cm³/mol. The topological polar surface area (TPSA) is 21.3 Å². The van der Waals surface area contributed by atoms with Crippen LogP contribution in [0.5, 0.6) is 5.75 Å². The summed E-state index contributed by atoms with van der Waals surface area (Å²) in [5.74, 6) is 2.72. The van der Waals surface area contributed by atoms with Crippen molar-refractivity contribution in [1.29, 1.82) is 0 Å². The Kier molecular flexibility index (Phi) is 3.94. The van der Waals surface area contributed by atoms with Crippen LogP contribution in [0, 0.1) is 11.7 Å². The number of thioether (sulfide) groups is 1. The zero-order valence-corrected chi connectivity index (χ0v) is 11.2. The molecule has 94 valence electrons. The van der Waals surface area contributed by atoms with Crippen LogP contribution in [0.2, 0.25) is 0 Å². The number of fused-ring (bicyclic) bond motifs is 1. The standard InChI is InChI=1S/C13H18FNOS/c1-8-6-17-7-11-10(13(8)15-2)4-9(16-3)5-12(11)14/h4-5,8,13,15H,6-7H2,1-3H3. The second-order valence-corrected chi connectivity index (χ2v) is 5.47. The van der Waals surface area contributed by atoms with E-state index in [1.165, 1.54) is 6.07 Å². The van der Waals surface area contributed by atoms with Crippen LogP contribution in [0.1, 0.15) is 24.1 Å². The molecule has 0 aliphatic carbocycles. The second kappa shape index (κ2) is 5.27. The van der Waals surface area contributed by atoms with Gasteiger partial charge in [0, 0.05) is 23.4 Å². The van der Waals surface area contributed by atoms with Gasteiger partial charge in [-0.2, -0.15) is 11.8 Å².